The van der Waals surface area contributed by atoms with Crippen molar-refractivity contribution in [3.63, 3.8) is 0 Å². The molecular formula is C60H42N4. The molecule has 2 heterocycles. The number of hydrogen-bond acceptors (Lipinski definition) is 2. The smallest absolute Gasteiger partial charge is 0.0542 e. The lowest BCUT2D eigenvalue weighted by Gasteiger charge is -2.18. The molecule has 0 aliphatic rings. The molecule has 0 aliphatic heterocycles. The second kappa shape index (κ2) is 15.7. The van der Waals surface area contributed by atoms with Crippen molar-refractivity contribution in [3.8, 4) is 44.8 Å². The zero-order chi connectivity index (χ0) is 42.4. The number of nitrogens with zero attached hydrogens (tertiary/aromatic N) is 2. The Morgan fingerprint density at radius 1 is 0.234 bits per heavy atom. The van der Waals surface area contributed by atoms with E-state index >= 15 is 0 Å². The van der Waals surface area contributed by atoms with Crippen LogP contribution in [0.3, 0.4) is 0 Å². The molecule has 0 aliphatic carbocycles. The summed E-state index contributed by atoms with van der Waals surface area (Å²) < 4.78 is 4.71. The van der Waals surface area contributed by atoms with Gasteiger partial charge in [0.25, 0.3) is 0 Å². The summed E-state index contributed by atoms with van der Waals surface area (Å²) >= 11 is 0. The summed E-state index contributed by atoms with van der Waals surface area (Å²) in [5.41, 5.74) is 18.2. The molecule has 2 aromatic heterocycles. The highest BCUT2D eigenvalue weighted by atomic mass is 15.0. The van der Waals surface area contributed by atoms with Crippen LogP contribution in [0.4, 0.5) is 22.7 Å². The van der Waals surface area contributed by atoms with Crippen molar-refractivity contribution in [3.05, 3.63) is 243 Å². The number of aromatic nitrogens is 2. The fourth-order valence-electron chi connectivity index (χ4n) is 9.57. The summed E-state index contributed by atoms with van der Waals surface area (Å²) in [6, 6.07) is 87.0. The lowest BCUT2D eigenvalue weighted by molar-refractivity contribution is 1.18. The standard InChI is InChI=1S/C60H42N4/c1-5-17-41(18-6-1)53-37-43(61-45-31-35-59-55(39-45)51-25-13-15-27-57(51)63(59)47-21-9-3-10-22-47)29-33-49(53)50-34-30-44(38-54(50)42-19-7-2-8-20-42)62-46-32-36-60-56(40-46)52-26-14-16-28-58(52)64(60)48-23-11-4-12-24-48/h1-40,61-62H. The van der Waals surface area contributed by atoms with Gasteiger partial charge in [-0.3, -0.25) is 0 Å². The largest absolute Gasteiger partial charge is 0.355 e. The summed E-state index contributed by atoms with van der Waals surface area (Å²) in [6.45, 7) is 0. The van der Waals surface area contributed by atoms with Gasteiger partial charge in [0.05, 0.1) is 22.1 Å². The molecule has 2 N–H and O–H groups in total. The minimum Gasteiger partial charge on any atom is -0.355 e. The van der Waals surface area contributed by atoms with Crippen LogP contribution < -0.4 is 10.6 Å². The van der Waals surface area contributed by atoms with Crippen LogP contribution in [0.15, 0.2) is 243 Å². The third kappa shape index (κ3) is 6.57. The second-order valence-electron chi connectivity index (χ2n) is 16.3. The molecule has 0 atom stereocenters. The van der Waals surface area contributed by atoms with Gasteiger partial charge in [-0.1, -0.05) is 146 Å². The van der Waals surface area contributed by atoms with Crippen molar-refractivity contribution in [1.29, 1.82) is 0 Å². The van der Waals surface area contributed by atoms with Gasteiger partial charge in [-0.25, -0.2) is 0 Å². The monoisotopic (exact) mass is 818 g/mol. The molecular weight excluding hydrogens is 777 g/mol. The third-order valence-corrected chi connectivity index (χ3v) is 12.5. The van der Waals surface area contributed by atoms with E-state index in [4.69, 9.17) is 0 Å². The van der Waals surface area contributed by atoms with E-state index in [1.54, 1.807) is 0 Å². The number of hydrogen-bond donors (Lipinski definition) is 2. The zero-order valence-electron chi connectivity index (χ0n) is 35.0. The Hall–Kier alpha value is -8.60. The van der Waals surface area contributed by atoms with Gasteiger partial charge in [-0.05, 0) is 130 Å². The van der Waals surface area contributed by atoms with Crippen LogP contribution in [0, 0.1) is 0 Å². The minimum absolute atomic E-state index is 1.03. The van der Waals surface area contributed by atoms with E-state index < -0.39 is 0 Å². The Labute approximate surface area is 371 Å². The van der Waals surface area contributed by atoms with Gasteiger partial charge in [-0.15, -0.1) is 0 Å². The molecule has 0 radical (unpaired) electrons. The van der Waals surface area contributed by atoms with E-state index in [0.29, 0.717) is 0 Å². The van der Waals surface area contributed by atoms with Gasteiger partial charge in [0.15, 0.2) is 0 Å². The van der Waals surface area contributed by atoms with Crippen molar-refractivity contribution >= 4 is 66.4 Å². The first-order chi connectivity index (χ1) is 31.7. The topological polar surface area (TPSA) is 33.9 Å². The van der Waals surface area contributed by atoms with Gasteiger partial charge < -0.3 is 19.8 Å². The normalized spacial score (nSPS) is 11.4. The van der Waals surface area contributed by atoms with E-state index in [-0.39, 0.29) is 0 Å². The molecule has 0 spiro atoms. The van der Waals surface area contributed by atoms with Crippen LogP contribution in [0.25, 0.3) is 88.4 Å². The Morgan fingerprint density at radius 3 is 0.984 bits per heavy atom. The fourth-order valence-corrected chi connectivity index (χ4v) is 9.57. The maximum atomic E-state index is 3.79. The summed E-state index contributed by atoms with van der Waals surface area (Å²) in [4.78, 5) is 0. The third-order valence-electron chi connectivity index (χ3n) is 12.5. The number of fused-ring (bicyclic) bond motifs is 6. The van der Waals surface area contributed by atoms with Crippen molar-refractivity contribution in [1.82, 2.24) is 9.13 Å². The maximum Gasteiger partial charge on any atom is 0.0542 e. The van der Waals surface area contributed by atoms with Gasteiger partial charge in [0, 0.05) is 55.7 Å². The molecule has 0 bridgehead atoms. The van der Waals surface area contributed by atoms with Gasteiger partial charge >= 0.3 is 0 Å². The Balaban J connectivity index is 0.932. The van der Waals surface area contributed by atoms with Crippen LogP contribution in [0.2, 0.25) is 0 Å². The van der Waals surface area contributed by atoms with E-state index in [9.17, 15) is 0 Å². The molecule has 10 aromatic carbocycles. The molecule has 4 heteroatoms. The Bertz CT molecular complexity index is 3400. The fraction of sp³-hybridized carbons (Fsp3) is 0. The average molecular weight is 819 g/mol. The summed E-state index contributed by atoms with van der Waals surface area (Å²) in [5.74, 6) is 0. The van der Waals surface area contributed by atoms with Crippen molar-refractivity contribution in [2.24, 2.45) is 0 Å². The minimum atomic E-state index is 1.03. The van der Waals surface area contributed by atoms with Crippen molar-refractivity contribution < 1.29 is 0 Å². The number of rotatable bonds is 9. The van der Waals surface area contributed by atoms with E-state index in [0.717, 1.165) is 56.4 Å². The van der Waals surface area contributed by atoms with Crippen molar-refractivity contribution in [2.45, 2.75) is 0 Å². The average Bonchev–Trinajstić information content (AvgIpc) is 3.87. The highest BCUT2D eigenvalue weighted by Gasteiger charge is 2.18. The van der Waals surface area contributed by atoms with Crippen LogP contribution in [0.1, 0.15) is 0 Å². The Kier molecular flexibility index (Phi) is 9.12. The lowest BCUT2D eigenvalue weighted by Crippen LogP contribution is -1.96. The molecule has 0 unspecified atom stereocenters. The van der Waals surface area contributed by atoms with Gasteiger partial charge in [-0.2, -0.15) is 0 Å². The highest BCUT2D eigenvalue weighted by Crippen LogP contribution is 2.43. The SMILES string of the molecule is c1ccc(-c2cc(Nc3ccc4c(c3)c3ccccc3n4-c3ccccc3)ccc2-c2ccc(Nc3ccc4c(c3)c3ccccc3n4-c3ccccc3)cc2-c2ccccc2)cc1. The highest BCUT2D eigenvalue weighted by molar-refractivity contribution is 6.11. The second-order valence-corrected chi connectivity index (χ2v) is 16.3. The molecule has 12 aromatic rings. The summed E-state index contributed by atoms with van der Waals surface area (Å²) in [7, 11) is 0. The first-order valence-corrected chi connectivity index (χ1v) is 21.8. The molecule has 12 rings (SSSR count). The summed E-state index contributed by atoms with van der Waals surface area (Å²) in [6.07, 6.45) is 0. The molecule has 0 saturated heterocycles. The number of para-hydroxylation sites is 4. The van der Waals surface area contributed by atoms with Crippen LogP contribution in [-0.4, -0.2) is 9.13 Å². The first kappa shape index (κ1) is 37.2. The van der Waals surface area contributed by atoms with Crippen molar-refractivity contribution in [2.75, 3.05) is 10.6 Å². The van der Waals surface area contributed by atoms with Crippen LogP contribution in [0.5, 0.6) is 0 Å². The lowest BCUT2D eigenvalue weighted by atomic mass is 9.88. The van der Waals surface area contributed by atoms with Gasteiger partial charge in [0.1, 0.15) is 0 Å². The van der Waals surface area contributed by atoms with Gasteiger partial charge in [0.2, 0.25) is 0 Å². The molecule has 4 nitrogen and oxygen atoms in total. The number of benzene rings is 10. The maximum absolute atomic E-state index is 3.79. The molecule has 0 saturated carbocycles. The Morgan fingerprint density at radius 2 is 0.562 bits per heavy atom. The van der Waals surface area contributed by atoms with E-state index in [2.05, 4.69) is 262 Å². The van der Waals surface area contributed by atoms with E-state index in [1.165, 1.54) is 54.7 Å². The molecule has 302 valence electrons. The number of anilines is 4. The summed E-state index contributed by atoms with van der Waals surface area (Å²) in [5, 5.41) is 12.5. The predicted molar refractivity (Wildman–Crippen MR) is 271 cm³/mol. The molecule has 64 heavy (non-hydrogen) atoms. The molecule has 0 amide bonds. The first-order valence-electron chi connectivity index (χ1n) is 21.8. The predicted octanol–water partition coefficient (Wildman–Crippen LogP) is 16.4. The van der Waals surface area contributed by atoms with Crippen LogP contribution in [-0.2, 0) is 0 Å². The zero-order valence-corrected chi connectivity index (χ0v) is 35.0. The quantitative estimate of drug-likeness (QED) is 0.152. The molecule has 0 fully saturated rings. The van der Waals surface area contributed by atoms with Crippen LogP contribution >= 0.6 is 0 Å². The number of nitrogens with one attached hydrogen (secondary N) is 2. The van der Waals surface area contributed by atoms with E-state index in [1.807, 2.05) is 0 Å².